The zero-order valence-electron chi connectivity index (χ0n) is 11.1. The second-order valence-electron chi connectivity index (χ2n) is 4.22. The van der Waals surface area contributed by atoms with Gasteiger partial charge in [-0.1, -0.05) is 18.2 Å². The van der Waals surface area contributed by atoms with Gasteiger partial charge in [0.15, 0.2) is 0 Å². The van der Waals surface area contributed by atoms with Gasteiger partial charge in [-0.05, 0) is 36.4 Å². The van der Waals surface area contributed by atoms with Crippen LogP contribution in [0.5, 0.6) is 5.75 Å². The van der Waals surface area contributed by atoms with Crippen LogP contribution in [-0.4, -0.2) is 16.9 Å². The number of phenols is 1. The van der Waals surface area contributed by atoms with Gasteiger partial charge in [0.25, 0.3) is 0 Å². The van der Waals surface area contributed by atoms with E-state index in [0.29, 0.717) is 11.4 Å². The minimum absolute atomic E-state index is 0.116. The van der Waals surface area contributed by atoms with Crippen molar-refractivity contribution in [3.05, 3.63) is 66.7 Å². The first-order valence-electron chi connectivity index (χ1n) is 6.27. The van der Waals surface area contributed by atoms with Crippen LogP contribution in [0.3, 0.4) is 0 Å². The topological polar surface area (TPSA) is 78.4 Å². The van der Waals surface area contributed by atoms with Crippen molar-refractivity contribution in [3.8, 4) is 5.75 Å². The van der Waals surface area contributed by atoms with Crippen LogP contribution < -0.4 is 10.6 Å². The molecule has 2 rings (SSSR count). The van der Waals surface area contributed by atoms with Gasteiger partial charge in [0.05, 0.1) is 0 Å². The van der Waals surface area contributed by atoms with E-state index < -0.39 is 5.91 Å². The molecule has 106 valence electrons. The maximum Gasteiger partial charge on any atom is 0.248 e. The number of hydrogen-bond donors (Lipinski definition) is 3. The lowest BCUT2D eigenvalue weighted by molar-refractivity contribution is -0.114. The molecule has 0 spiro atoms. The molecule has 3 N–H and O–H groups in total. The second-order valence-corrected chi connectivity index (χ2v) is 4.22. The predicted octanol–water partition coefficient (Wildman–Crippen LogP) is 2.53. The highest BCUT2D eigenvalue weighted by molar-refractivity contribution is 6.06. The predicted molar refractivity (Wildman–Crippen MR) is 80.9 cm³/mol. The van der Waals surface area contributed by atoms with Gasteiger partial charge in [0, 0.05) is 23.5 Å². The van der Waals surface area contributed by atoms with Gasteiger partial charge >= 0.3 is 0 Å². The van der Waals surface area contributed by atoms with Gasteiger partial charge in [-0.2, -0.15) is 0 Å². The SMILES string of the molecule is O=C(/C=C\C(=O)Nc1ccc(O)cc1)Nc1ccccc1. The first-order valence-corrected chi connectivity index (χ1v) is 6.27. The number of nitrogens with one attached hydrogen (secondary N) is 2. The highest BCUT2D eigenvalue weighted by Gasteiger charge is 2.00. The average Bonchev–Trinajstić information content (AvgIpc) is 2.49. The van der Waals surface area contributed by atoms with E-state index in [4.69, 9.17) is 5.11 Å². The van der Waals surface area contributed by atoms with Crippen molar-refractivity contribution in [2.75, 3.05) is 10.6 Å². The van der Waals surface area contributed by atoms with Crippen molar-refractivity contribution in [1.29, 1.82) is 0 Å². The number of hydrogen-bond acceptors (Lipinski definition) is 3. The van der Waals surface area contributed by atoms with E-state index in [0.717, 1.165) is 12.2 Å². The molecule has 5 heteroatoms. The molecule has 2 amide bonds. The molecule has 0 aliphatic carbocycles. The van der Waals surface area contributed by atoms with Crippen LogP contribution in [0.2, 0.25) is 0 Å². The van der Waals surface area contributed by atoms with E-state index in [1.165, 1.54) is 12.1 Å². The molecule has 0 unspecified atom stereocenters. The molecule has 0 atom stereocenters. The Kier molecular flexibility index (Phi) is 4.71. The molecule has 0 saturated carbocycles. The summed E-state index contributed by atoms with van der Waals surface area (Å²) in [5.41, 5.74) is 1.19. The molecule has 0 aliphatic rings. The summed E-state index contributed by atoms with van der Waals surface area (Å²) in [6, 6.07) is 15.0. The number of rotatable bonds is 4. The van der Waals surface area contributed by atoms with Gasteiger partial charge in [0.2, 0.25) is 11.8 Å². The zero-order chi connectivity index (χ0) is 15.1. The number of carbonyl (C=O) groups excluding carboxylic acids is 2. The van der Waals surface area contributed by atoms with Crippen LogP contribution in [0.1, 0.15) is 0 Å². The van der Waals surface area contributed by atoms with Crippen LogP contribution in [0.25, 0.3) is 0 Å². The Morgan fingerprint density at radius 2 is 1.24 bits per heavy atom. The van der Waals surface area contributed by atoms with Gasteiger partial charge in [-0.3, -0.25) is 9.59 Å². The van der Waals surface area contributed by atoms with Crippen LogP contribution >= 0.6 is 0 Å². The first kappa shape index (κ1) is 14.3. The summed E-state index contributed by atoms with van der Waals surface area (Å²) in [5, 5.41) is 14.3. The van der Waals surface area contributed by atoms with Crippen LogP contribution in [0.4, 0.5) is 11.4 Å². The third-order valence-electron chi connectivity index (χ3n) is 2.56. The average molecular weight is 282 g/mol. The minimum Gasteiger partial charge on any atom is -0.508 e. The van der Waals surface area contributed by atoms with Crippen LogP contribution in [0.15, 0.2) is 66.7 Å². The van der Waals surface area contributed by atoms with Gasteiger partial charge in [0.1, 0.15) is 5.75 Å². The third kappa shape index (κ3) is 4.83. The fourth-order valence-corrected chi connectivity index (χ4v) is 1.59. The number of aromatic hydroxyl groups is 1. The van der Waals surface area contributed by atoms with Crippen molar-refractivity contribution < 1.29 is 14.7 Å². The lowest BCUT2D eigenvalue weighted by Gasteiger charge is -2.02. The van der Waals surface area contributed by atoms with Gasteiger partial charge < -0.3 is 15.7 Å². The Bertz CT molecular complexity index is 649. The molecule has 0 aromatic heterocycles. The van der Waals surface area contributed by atoms with Crippen LogP contribution in [0, 0.1) is 0 Å². The molecule has 21 heavy (non-hydrogen) atoms. The molecule has 0 radical (unpaired) electrons. The van der Waals surface area contributed by atoms with Gasteiger partial charge in [-0.15, -0.1) is 0 Å². The Labute approximate surface area is 121 Å². The Morgan fingerprint density at radius 1 is 0.762 bits per heavy atom. The quantitative estimate of drug-likeness (QED) is 0.595. The van der Waals surface area contributed by atoms with E-state index >= 15 is 0 Å². The Hall–Kier alpha value is -3.08. The molecule has 0 saturated heterocycles. The van der Waals surface area contributed by atoms with Crippen molar-refractivity contribution >= 4 is 23.2 Å². The third-order valence-corrected chi connectivity index (χ3v) is 2.56. The van der Waals surface area contributed by atoms with Crippen molar-refractivity contribution in [2.45, 2.75) is 0 Å². The highest BCUT2D eigenvalue weighted by Crippen LogP contribution is 2.13. The molecule has 2 aromatic rings. The van der Waals surface area contributed by atoms with Crippen molar-refractivity contribution in [1.82, 2.24) is 0 Å². The van der Waals surface area contributed by atoms with Crippen molar-refractivity contribution in [2.24, 2.45) is 0 Å². The fourth-order valence-electron chi connectivity index (χ4n) is 1.59. The number of para-hydroxylation sites is 1. The lowest BCUT2D eigenvalue weighted by Crippen LogP contribution is -2.11. The summed E-state index contributed by atoms with van der Waals surface area (Å²) in [4.78, 5) is 23.2. The summed E-state index contributed by atoms with van der Waals surface area (Å²) >= 11 is 0. The number of phenolic OH excluding ortho intramolecular Hbond substituents is 1. The summed E-state index contributed by atoms with van der Waals surface area (Å²) in [6.07, 6.45) is 2.30. The van der Waals surface area contributed by atoms with E-state index in [9.17, 15) is 9.59 Å². The maximum atomic E-state index is 11.6. The number of anilines is 2. The normalized spacial score (nSPS) is 10.3. The fraction of sp³-hybridized carbons (Fsp3) is 0. The molecule has 2 aromatic carbocycles. The molecule has 0 fully saturated rings. The van der Waals surface area contributed by atoms with E-state index in [1.807, 2.05) is 6.07 Å². The summed E-state index contributed by atoms with van der Waals surface area (Å²) in [7, 11) is 0. The lowest BCUT2D eigenvalue weighted by atomic mass is 10.3. The van der Waals surface area contributed by atoms with Gasteiger partial charge in [-0.25, -0.2) is 0 Å². The van der Waals surface area contributed by atoms with Crippen LogP contribution in [-0.2, 0) is 9.59 Å². The largest absolute Gasteiger partial charge is 0.508 e. The maximum absolute atomic E-state index is 11.6. The molecular formula is C16H14N2O3. The zero-order valence-corrected chi connectivity index (χ0v) is 11.1. The molecule has 0 aliphatic heterocycles. The standard InChI is InChI=1S/C16H14N2O3/c19-14-8-6-13(7-9-14)18-16(21)11-10-15(20)17-12-4-2-1-3-5-12/h1-11,19H,(H,17,20)(H,18,21)/b11-10-. The second kappa shape index (κ2) is 6.91. The highest BCUT2D eigenvalue weighted by atomic mass is 16.3. The Morgan fingerprint density at radius 3 is 1.76 bits per heavy atom. The summed E-state index contributed by atoms with van der Waals surface area (Å²) in [5.74, 6) is -0.697. The Balaban J connectivity index is 1.87. The van der Waals surface area contributed by atoms with E-state index in [-0.39, 0.29) is 11.7 Å². The minimum atomic E-state index is -0.427. The van der Waals surface area contributed by atoms with E-state index in [1.54, 1.807) is 36.4 Å². The number of amides is 2. The molecule has 0 bridgehead atoms. The molecule has 0 heterocycles. The summed E-state index contributed by atoms with van der Waals surface area (Å²) < 4.78 is 0. The molecular weight excluding hydrogens is 268 g/mol. The number of carbonyl (C=O) groups is 2. The monoisotopic (exact) mass is 282 g/mol. The number of benzene rings is 2. The molecule has 5 nitrogen and oxygen atoms in total. The first-order chi connectivity index (χ1) is 10.1. The summed E-state index contributed by atoms with van der Waals surface area (Å²) in [6.45, 7) is 0. The van der Waals surface area contributed by atoms with Crippen molar-refractivity contribution in [3.63, 3.8) is 0 Å². The smallest absolute Gasteiger partial charge is 0.248 e. The van der Waals surface area contributed by atoms with E-state index in [2.05, 4.69) is 10.6 Å².